The highest BCUT2D eigenvalue weighted by molar-refractivity contribution is 9.10. The number of rotatable bonds is 6. The van der Waals surface area contributed by atoms with Crippen LogP contribution in [-0.4, -0.2) is 50.0 Å². The zero-order valence-electron chi connectivity index (χ0n) is 16.4. The van der Waals surface area contributed by atoms with Gasteiger partial charge in [0, 0.05) is 43.0 Å². The average Bonchev–Trinajstić information content (AvgIpc) is 3.47. The van der Waals surface area contributed by atoms with E-state index in [1.165, 1.54) is 22.9 Å². The first-order valence-corrected chi connectivity index (χ1v) is 10.9. The van der Waals surface area contributed by atoms with Crippen LogP contribution in [0.2, 0.25) is 0 Å². The molecule has 2 aliphatic rings. The van der Waals surface area contributed by atoms with Gasteiger partial charge in [-0.3, -0.25) is 9.79 Å². The summed E-state index contributed by atoms with van der Waals surface area (Å²) >= 11 is 3.71. The van der Waals surface area contributed by atoms with Crippen LogP contribution in [0.4, 0.5) is 0 Å². The van der Waals surface area contributed by atoms with Gasteiger partial charge in [-0.05, 0) is 50.2 Å². The summed E-state index contributed by atoms with van der Waals surface area (Å²) in [5, 5.41) is 6.21. The van der Waals surface area contributed by atoms with Crippen molar-refractivity contribution in [2.75, 3.05) is 33.2 Å². The van der Waals surface area contributed by atoms with Crippen molar-refractivity contribution >= 4 is 27.8 Å². The normalized spacial score (nSPS) is 19.7. The molecule has 3 rings (SSSR count). The van der Waals surface area contributed by atoms with Crippen molar-refractivity contribution in [2.45, 2.75) is 44.4 Å². The van der Waals surface area contributed by atoms with Gasteiger partial charge in [-0.1, -0.05) is 34.1 Å². The van der Waals surface area contributed by atoms with E-state index in [1.807, 2.05) is 0 Å². The smallest absolute Gasteiger partial charge is 0.220 e. The van der Waals surface area contributed by atoms with Crippen LogP contribution < -0.4 is 10.6 Å². The van der Waals surface area contributed by atoms with Gasteiger partial charge in [0.05, 0.1) is 6.54 Å². The largest absolute Gasteiger partial charge is 0.359 e. The monoisotopic (exact) mass is 434 g/mol. The summed E-state index contributed by atoms with van der Waals surface area (Å²) in [4.78, 5) is 19.0. The van der Waals surface area contributed by atoms with Crippen molar-refractivity contribution in [3.63, 3.8) is 0 Å². The number of guanidine groups is 1. The Morgan fingerprint density at radius 1 is 1.30 bits per heavy atom. The minimum atomic E-state index is 0.151. The third-order valence-electron chi connectivity index (χ3n) is 5.83. The topological polar surface area (TPSA) is 56.7 Å². The number of nitrogens with one attached hydrogen (secondary N) is 2. The first-order chi connectivity index (χ1) is 13.1. The van der Waals surface area contributed by atoms with Gasteiger partial charge in [0.2, 0.25) is 5.91 Å². The Balaban J connectivity index is 1.63. The van der Waals surface area contributed by atoms with Crippen LogP contribution in [-0.2, 0) is 10.2 Å². The number of carbonyl (C=O) groups excluding carboxylic acids is 1. The molecule has 2 N–H and O–H groups in total. The molecule has 1 aromatic rings. The predicted octanol–water partition coefficient (Wildman–Crippen LogP) is 3.29. The van der Waals surface area contributed by atoms with Crippen LogP contribution in [0.5, 0.6) is 0 Å². The maximum absolute atomic E-state index is 11.6. The molecule has 27 heavy (non-hydrogen) atoms. The maximum atomic E-state index is 11.6. The molecule has 0 spiro atoms. The Hall–Kier alpha value is -1.56. The van der Waals surface area contributed by atoms with E-state index in [2.05, 4.69) is 62.7 Å². The van der Waals surface area contributed by atoms with Crippen molar-refractivity contribution in [3.05, 3.63) is 34.3 Å². The standard InChI is InChI=1S/C21H31BrN4O/c1-3-24-20(26-12-8-16(9-13-26)14-19(27)23-2)25-15-21(10-11-21)17-6-4-5-7-18(17)22/h4-7,16H,3,8-15H2,1-2H3,(H,23,27)(H,24,25). The number of hydrogen-bond donors (Lipinski definition) is 2. The lowest BCUT2D eigenvalue weighted by Gasteiger charge is -2.34. The number of halogens is 1. The summed E-state index contributed by atoms with van der Waals surface area (Å²) in [6.45, 7) is 5.76. The molecule has 0 unspecified atom stereocenters. The molecule has 1 aliphatic carbocycles. The minimum absolute atomic E-state index is 0.151. The highest BCUT2D eigenvalue weighted by atomic mass is 79.9. The first-order valence-electron chi connectivity index (χ1n) is 10.1. The Labute approximate surface area is 171 Å². The Morgan fingerprint density at radius 3 is 2.59 bits per heavy atom. The van der Waals surface area contributed by atoms with Gasteiger partial charge < -0.3 is 15.5 Å². The molecule has 1 aromatic carbocycles. The molecular weight excluding hydrogens is 404 g/mol. The lowest BCUT2D eigenvalue weighted by atomic mass is 9.93. The van der Waals surface area contributed by atoms with Gasteiger partial charge in [0.25, 0.3) is 0 Å². The fraction of sp³-hybridized carbons (Fsp3) is 0.619. The number of amides is 1. The van der Waals surface area contributed by atoms with E-state index < -0.39 is 0 Å². The second-order valence-corrected chi connectivity index (χ2v) is 8.59. The molecule has 1 heterocycles. The second kappa shape index (κ2) is 9.09. The summed E-state index contributed by atoms with van der Waals surface area (Å²) in [6.07, 6.45) is 5.14. The average molecular weight is 435 g/mol. The Morgan fingerprint density at radius 2 is 2.00 bits per heavy atom. The van der Waals surface area contributed by atoms with Crippen molar-refractivity contribution in [1.82, 2.24) is 15.5 Å². The number of carbonyl (C=O) groups is 1. The zero-order valence-corrected chi connectivity index (χ0v) is 18.0. The van der Waals surface area contributed by atoms with Crippen LogP contribution in [0.3, 0.4) is 0 Å². The van der Waals surface area contributed by atoms with Crippen molar-refractivity contribution in [2.24, 2.45) is 10.9 Å². The summed E-state index contributed by atoms with van der Waals surface area (Å²) in [5.74, 6) is 1.66. The molecule has 1 amide bonds. The zero-order chi connectivity index (χ0) is 19.3. The van der Waals surface area contributed by atoms with Crippen LogP contribution in [0.1, 0.15) is 44.6 Å². The molecule has 2 fully saturated rings. The lowest BCUT2D eigenvalue weighted by Crippen LogP contribution is -2.46. The van der Waals surface area contributed by atoms with Crippen molar-refractivity contribution < 1.29 is 4.79 Å². The highest BCUT2D eigenvalue weighted by Gasteiger charge is 2.45. The van der Waals surface area contributed by atoms with E-state index >= 15 is 0 Å². The van der Waals surface area contributed by atoms with Crippen LogP contribution >= 0.6 is 15.9 Å². The predicted molar refractivity (Wildman–Crippen MR) is 114 cm³/mol. The molecule has 1 saturated carbocycles. The van der Waals surface area contributed by atoms with E-state index in [1.54, 1.807) is 7.05 Å². The molecule has 148 valence electrons. The molecule has 6 heteroatoms. The van der Waals surface area contributed by atoms with Gasteiger partial charge in [0.15, 0.2) is 5.96 Å². The molecule has 0 atom stereocenters. The molecule has 1 saturated heterocycles. The van der Waals surface area contributed by atoms with Gasteiger partial charge in [-0.2, -0.15) is 0 Å². The van der Waals surface area contributed by atoms with Crippen LogP contribution in [0.25, 0.3) is 0 Å². The fourth-order valence-electron chi connectivity index (χ4n) is 3.92. The Kier molecular flexibility index (Phi) is 6.79. The lowest BCUT2D eigenvalue weighted by molar-refractivity contribution is -0.121. The third kappa shape index (κ3) is 5.03. The molecule has 5 nitrogen and oxygen atoms in total. The van der Waals surface area contributed by atoms with E-state index in [4.69, 9.17) is 4.99 Å². The maximum Gasteiger partial charge on any atom is 0.220 e. The van der Waals surface area contributed by atoms with Gasteiger partial charge in [-0.15, -0.1) is 0 Å². The van der Waals surface area contributed by atoms with Gasteiger partial charge >= 0.3 is 0 Å². The van der Waals surface area contributed by atoms with E-state index in [0.29, 0.717) is 12.3 Å². The number of benzene rings is 1. The second-order valence-electron chi connectivity index (χ2n) is 7.74. The van der Waals surface area contributed by atoms with E-state index in [0.717, 1.165) is 45.0 Å². The number of likely N-dealkylation sites (tertiary alicyclic amines) is 1. The summed E-state index contributed by atoms with van der Waals surface area (Å²) < 4.78 is 1.19. The molecule has 0 bridgehead atoms. The van der Waals surface area contributed by atoms with Crippen molar-refractivity contribution in [3.8, 4) is 0 Å². The molecule has 0 radical (unpaired) electrons. The number of hydrogen-bond acceptors (Lipinski definition) is 2. The third-order valence-corrected chi connectivity index (χ3v) is 6.52. The number of piperidine rings is 1. The summed E-state index contributed by atoms with van der Waals surface area (Å²) in [5.41, 5.74) is 1.58. The summed E-state index contributed by atoms with van der Waals surface area (Å²) in [6, 6.07) is 8.54. The quantitative estimate of drug-likeness (QED) is 0.533. The Bertz CT molecular complexity index is 679. The van der Waals surface area contributed by atoms with Gasteiger partial charge in [-0.25, -0.2) is 0 Å². The fourth-order valence-corrected chi connectivity index (χ4v) is 4.63. The van der Waals surface area contributed by atoms with E-state index in [9.17, 15) is 4.79 Å². The minimum Gasteiger partial charge on any atom is -0.359 e. The van der Waals surface area contributed by atoms with E-state index in [-0.39, 0.29) is 11.3 Å². The first kappa shape index (κ1) is 20.2. The van der Waals surface area contributed by atoms with Gasteiger partial charge in [0.1, 0.15) is 0 Å². The molecule has 0 aromatic heterocycles. The summed E-state index contributed by atoms with van der Waals surface area (Å²) in [7, 11) is 1.71. The van der Waals surface area contributed by atoms with Crippen LogP contribution in [0.15, 0.2) is 33.7 Å². The van der Waals surface area contributed by atoms with Crippen LogP contribution in [0, 0.1) is 5.92 Å². The number of nitrogens with zero attached hydrogens (tertiary/aromatic N) is 2. The highest BCUT2D eigenvalue weighted by Crippen LogP contribution is 2.50. The number of aliphatic imine (C=N–C) groups is 1. The van der Waals surface area contributed by atoms with Crippen molar-refractivity contribution in [1.29, 1.82) is 0 Å². The molecular formula is C21H31BrN4O. The SMILES string of the molecule is CCNC(=NCC1(c2ccccc2Br)CC1)N1CCC(CC(=O)NC)CC1. The molecule has 1 aliphatic heterocycles.